The Bertz CT molecular complexity index is 1520. The van der Waals surface area contributed by atoms with Crippen LogP contribution < -0.4 is 21.9 Å². The van der Waals surface area contributed by atoms with E-state index >= 15 is 0 Å². The lowest BCUT2D eigenvalue weighted by Gasteiger charge is -2.09. The van der Waals surface area contributed by atoms with Gasteiger partial charge in [0.15, 0.2) is 5.13 Å². The Kier molecular flexibility index (Phi) is 6.37. The zero-order valence-corrected chi connectivity index (χ0v) is 20.4. The summed E-state index contributed by atoms with van der Waals surface area (Å²) in [4.78, 5) is 57.8. The van der Waals surface area contributed by atoms with E-state index in [2.05, 4.69) is 43.2 Å². The van der Waals surface area contributed by atoms with Gasteiger partial charge in [-0.3, -0.25) is 28.8 Å². The third-order valence-electron chi connectivity index (χ3n) is 4.81. The van der Waals surface area contributed by atoms with Crippen LogP contribution in [0.4, 0.5) is 10.8 Å². The predicted octanol–water partition coefficient (Wildman–Crippen LogP) is 2.13. The van der Waals surface area contributed by atoms with Crippen LogP contribution in [0.2, 0.25) is 0 Å². The molecule has 4 rings (SSSR count). The van der Waals surface area contributed by atoms with E-state index in [1.54, 1.807) is 17.5 Å². The van der Waals surface area contributed by atoms with Gasteiger partial charge in [0.25, 0.3) is 11.5 Å². The van der Waals surface area contributed by atoms with Crippen LogP contribution in [0.15, 0.2) is 51.5 Å². The number of pyridine rings is 1. The summed E-state index contributed by atoms with van der Waals surface area (Å²) in [6.07, 6.45) is 1.35. The monoisotopic (exact) mass is 576 g/mol. The SMILES string of the molecule is Cn1c(=O)c2cc(NC(=O)Cc3csc(NC(=O)c4ccccc4I)n3)cnc2n(C)c1=O. The first-order valence-electron chi connectivity index (χ1n) is 9.60. The van der Waals surface area contributed by atoms with Crippen LogP contribution in [0, 0.1) is 3.57 Å². The summed E-state index contributed by atoms with van der Waals surface area (Å²) < 4.78 is 3.07. The number of benzene rings is 1. The van der Waals surface area contributed by atoms with Gasteiger partial charge < -0.3 is 5.32 Å². The molecule has 0 aliphatic carbocycles. The molecule has 4 aromatic rings. The fourth-order valence-electron chi connectivity index (χ4n) is 3.16. The number of carbonyl (C=O) groups excluding carboxylic acids is 2. The van der Waals surface area contributed by atoms with Crippen molar-refractivity contribution in [2.24, 2.45) is 14.1 Å². The minimum absolute atomic E-state index is 0.0292. The topological polar surface area (TPSA) is 128 Å². The number of anilines is 2. The third kappa shape index (κ3) is 4.71. The summed E-state index contributed by atoms with van der Waals surface area (Å²) in [5.41, 5.74) is 0.609. The highest BCUT2D eigenvalue weighted by Gasteiger charge is 2.15. The van der Waals surface area contributed by atoms with Gasteiger partial charge in [-0.25, -0.2) is 14.8 Å². The van der Waals surface area contributed by atoms with Gasteiger partial charge in [0.1, 0.15) is 5.65 Å². The molecular formula is C21H17IN6O4S. The number of halogens is 1. The van der Waals surface area contributed by atoms with E-state index in [1.807, 2.05) is 12.1 Å². The van der Waals surface area contributed by atoms with Crippen LogP contribution >= 0.6 is 33.9 Å². The van der Waals surface area contributed by atoms with Crippen molar-refractivity contribution in [3.05, 3.63) is 77.6 Å². The molecule has 1 aromatic carbocycles. The summed E-state index contributed by atoms with van der Waals surface area (Å²) in [6, 6.07) is 8.68. The second kappa shape index (κ2) is 9.23. The van der Waals surface area contributed by atoms with Crippen molar-refractivity contribution in [3.8, 4) is 0 Å². The van der Waals surface area contributed by atoms with Crippen molar-refractivity contribution in [2.75, 3.05) is 10.6 Å². The minimum Gasteiger partial charge on any atom is -0.324 e. The van der Waals surface area contributed by atoms with Gasteiger partial charge in [0.05, 0.1) is 34.9 Å². The van der Waals surface area contributed by atoms with E-state index in [4.69, 9.17) is 0 Å². The summed E-state index contributed by atoms with van der Waals surface area (Å²) in [5, 5.41) is 7.72. The van der Waals surface area contributed by atoms with E-state index in [-0.39, 0.29) is 29.3 Å². The minimum atomic E-state index is -0.496. The molecule has 0 saturated heterocycles. The van der Waals surface area contributed by atoms with Crippen LogP contribution in [0.3, 0.4) is 0 Å². The second-order valence-corrected chi connectivity index (χ2v) is 9.12. The first-order chi connectivity index (χ1) is 15.7. The zero-order valence-electron chi connectivity index (χ0n) is 17.5. The predicted molar refractivity (Wildman–Crippen MR) is 134 cm³/mol. The van der Waals surface area contributed by atoms with Gasteiger partial charge in [-0.1, -0.05) is 12.1 Å². The average molecular weight is 576 g/mol. The number of aryl methyl sites for hydroxylation is 1. The third-order valence-corrected chi connectivity index (χ3v) is 6.56. The van der Waals surface area contributed by atoms with Gasteiger partial charge in [-0.05, 0) is 40.8 Å². The van der Waals surface area contributed by atoms with Crippen molar-refractivity contribution in [2.45, 2.75) is 6.42 Å². The maximum Gasteiger partial charge on any atom is 0.332 e. The van der Waals surface area contributed by atoms with Crippen LogP contribution in [0.1, 0.15) is 16.1 Å². The average Bonchev–Trinajstić information content (AvgIpc) is 3.22. The highest BCUT2D eigenvalue weighted by Crippen LogP contribution is 2.19. The Morgan fingerprint density at radius 2 is 1.88 bits per heavy atom. The highest BCUT2D eigenvalue weighted by molar-refractivity contribution is 14.1. The molecule has 168 valence electrons. The maximum atomic E-state index is 12.5. The van der Waals surface area contributed by atoms with Crippen molar-refractivity contribution in [1.82, 2.24) is 19.1 Å². The molecule has 3 heterocycles. The number of thiazole rings is 1. The number of carbonyl (C=O) groups is 2. The Morgan fingerprint density at radius 1 is 1.12 bits per heavy atom. The number of hydrogen-bond donors (Lipinski definition) is 2. The standard InChI is InChI=1S/C21H17IN6O4S/c1-27-17-14(19(31)28(2)21(27)32)7-11(9-23-17)24-16(29)8-12-10-33-20(25-12)26-18(30)13-5-3-4-6-15(13)22/h3-7,9-10H,8H2,1-2H3,(H,24,29)(H,25,26,30). The van der Waals surface area contributed by atoms with Crippen LogP contribution in [-0.4, -0.2) is 30.9 Å². The highest BCUT2D eigenvalue weighted by atomic mass is 127. The van der Waals surface area contributed by atoms with E-state index in [1.165, 1.54) is 42.3 Å². The molecule has 0 saturated carbocycles. The Labute approximate surface area is 204 Å². The van der Waals surface area contributed by atoms with E-state index in [0.29, 0.717) is 22.1 Å². The zero-order chi connectivity index (χ0) is 23.7. The second-order valence-electron chi connectivity index (χ2n) is 7.10. The van der Waals surface area contributed by atoms with Gasteiger partial charge in [-0.15, -0.1) is 11.3 Å². The molecule has 2 amide bonds. The largest absolute Gasteiger partial charge is 0.332 e. The molecular weight excluding hydrogens is 559 g/mol. The summed E-state index contributed by atoms with van der Waals surface area (Å²) in [7, 11) is 2.90. The molecule has 0 spiro atoms. The Hall–Kier alpha value is -3.39. The summed E-state index contributed by atoms with van der Waals surface area (Å²) in [5.74, 6) is -0.637. The quantitative estimate of drug-likeness (QED) is 0.351. The molecule has 0 atom stereocenters. The molecule has 2 N–H and O–H groups in total. The lowest BCUT2D eigenvalue weighted by atomic mass is 10.2. The van der Waals surface area contributed by atoms with Crippen LogP contribution in [0.5, 0.6) is 0 Å². The molecule has 3 aromatic heterocycles. The van der Waals surface area contributed by atoms with Gasteiger partial charge in [-0.2, -0.15) is 0 Å². The number of amides is 2. The lowest BCUT2D eigenvalue weighted by Crippen LogP contribution is -2.37. The van der Waals surface area contributed by atoms with E-state index < -0.39 is 11.2 Å². The summed E-state index contributed by atoms with van der Waals surface area (Å²) in [6.45, 7) is 0. The Morgan fingerprint density at radius 3 is 2.64 bits per heavy atom. The molecule has 0 unspecified atom stereocenters. The molecule has 12 heteroatoms. The molecule has 10 nitrogen and oxygen atoms in total. The van der Waals surface area contributed by atoms with E-state index in [0.717, 1.165) is 8.14 Å². The maximum absolute atomic E-state index is 12.5. The fourth-order valence-corrected chi connectivity index (χ4v) is 4.50. The number of fused-ring (bicyclic) bond motifs is 1. The smallest absolute Gasteiger partial charge is 0.324 e. The number of hydrogen-bond acceptors (Lipinski definition) is 7. The van der Waals surface area contributed by atoms with Gasteiger partial charge in [0, 0.05) is 23.0 Å². The number of nitrogens with zero attached hydrogens (tertiary/aromatic N) is 4. The lowest BCUT2D eigenvalue weighted by molar-refractivity contribution is -0.115. The molecule has 33 heavy (non-hydrogen) atoms. The molecule has 0 aliphatic heterocycles. The molecule has 0 aliphatic rings. The van der Waals surface area contributed by atoms with E-state index in [9.17, 15) is 19.2 Å². The Balaban J connectivity index is 1.45. The fraction of sp³-hybridized carbons (Fsp3) is 0.143. The first kappa shape index (κ1) is 22.8. The van der Waals surface area contributed by atoms with Crippen molar-refractivity contribution >= 4 is 67.6 Å². The van der Waals surface area contributed by atoms with Crippen LogP contribution in [-0.2, 0) is 25.3 Å². The first-order valence-corrected chi connectivity index (χ1v) is 11.6. The number of nitrogens with one attached hydrogen (secondary N) is 2. The number of rotatable bonds is 5. The van der Waals surface area contributed by atoms with Gasteiger partial charge >= 0.3 is 5.69 Å². The molecule has 0 fully saturated rings. The normalized spacial score (nSPS) is 10.9. The van der Waals surface area contributed by atoms with Crippen molar-refractivity contribution in [3.63, 3.8) is 0 Å². The van der Waals surface area contributed by atoms with Crippen molar-refractivity contribution < 1.29 is 9.59 Å². The molecule has 0 bridgehead atoms. The summed E-state index contributed by atoms with van der Waals surface area (Å²) >= 11 is 3.31. The van der Waals surface area contributed by atoms with Gasteiger partial charge in [0.2, 0.25) is 5.91 Å². The van der Waals surface area contributed by atoms with Crippen LogP contribution in [0.25, 0.3) is 11.0 Å². The van der Waals surface area contributed by atoms with Crippen molar-refractivity contribution in [1.29, 1.82) is 0 Å². The molecule has 0 radical (unpaired) electrons. The number of aromatic nitrogens is 4.